The molecule has 2 aliphatic rings. The van der Waals surface area contributed by atoms with E-state index in [1.165, 1.54) is 14.0 Å². The van der Waals surface area contributed by atoms with Crippen LogP contribution in [0.1, 0.15) is 47.5 Å². The molecule has 10 heteroatoms. The first kappa shape index (κ1) is 23.9. The first-order valence-corrected chi connectivity index (χ1v) is 10.1. The summed E-state index contributed by atoms with van der Waals surface area (Å²) >= 11 is 0. The second-order valence-electron chi connectivity index (χ2n) is 8.82. The van der Waals surface area contributed by atoms with Gasteiger partial charge in [-0.05, 0) is 46.5 Å². The van der Waals surface area contributed by atoms with Crippen molar-refractivity contribution in [2.45, 2.75) is 70.8 Å². The summed E-state index contributed by atoms with van der Waals surface area (Å²) in [5.74, 6) is -3.48. The molecule has 0 aromatic rings. The summed E-state index contributed by atoms with van der Waals surface area (Å²) in [6.45, 7) is 8.14. The summed E-state index contributed by atoms with van der Waals surface area (Å²) < 4.78 is 29.6. The Morgan fingerprint density at radius 3 is 2.40 bits per heavy atom. The van der Waals surface area contributed by atoms with Crippen molar-refractivity contribution in [2.75, 3.05) is 13.7 Å². The molecule has 9 nitrogen and oxygen atoms in total. The standard InChI is InChI=1S/C20H31FN2O7/c1-7-29-17(26)20(9-12(21)14-11(15(14)20)8-13(24)28-6)23-16(25)10(2)22-18(27)30-19(3,4)5/h10-12,14-15H,7-9H2,1-6H3,(H,22,27)(H,23,25)/t10-,11-,12+,14+,15+,20-/m0/s1. The average molecular weight is 430 g/mol. The molecule has 2 amide bonds. The van der Waals surface area contributed by atoms with Crippen molar-refractivity contribution in [3.05, 3.63) is 0 Å². The zero-order valence-corrected chi connectivity index (χ0v) is 18.2. The van der Waals surface area contributed by atoms with Crippen molar-refractivity contribution >= 4 is 23.9 Å². The third kappa shape index (κ3) is 5.02. The molecule has 0 spiro atoms. The molecule has 2 rings (SSSR count). The molecule has 2 aliphatic carbocycles. The molecule has 2 saturated carbocycles. The van der Waals surface area contributed by atoms with Crippen LogP contribution in [0.3, 0.4) is 0 Å². The number of carbonyl (C=O) groups is 4. The second kappa shape index (κ2) is 8.77. The van der Waals surface area contributed by atoms with E-state index in [1.807, 2.05) is 0 Å². The number of alkyl carbamates (subject to hydrolysis) is 1. The molecule has 0 aromatic carbocycles. The van der Waals surface area contributed by atoms with E-state index in [4.69, 9.17) is 9.47 Å². The molecule has 0 aromatic heterocycles. The van der Waals surface area contributed by atoms with Crippen molar-refractivity contribution in [2.24, 2.45) is 17.8 Å². The summed E-state index contributed by atoms with van der Waals surface area (Å²) in [6, 6.07) is -1.04. The van der Waals surface area contributed by atoms with Gasteiger partial charge in [0.1, 0.15) is 23.4 Å². The van der Waals surface area contributed by atoms with Crippen LogP contribution in [0.4, 0.5) is 9.18 Å². The largest absolute Gasteiger partial charge is 0.469 e. The Hall–Kier alpha value is -2.39. The fourth-order valence-corrected chi connectivity index (χ4v) is 4.25. The predicted octanol–water partition coefficient (Wildman–Crippen LogP) is 1.48. The third-order valence-corrected chi connectivity index (χ3v) is 5.48. The van der Waals surface area contributed by atoms with Crippen LogP contribution in [-0.4, -0.2) is 61.0 Å². The van der Waals surface area contributed by atoms with E-state index in [9.17, 15) is 23.6 Å². The molecule has 2 fully saturated rings. The zero-order chi connectivity index (χ0) is 22.9. The average Bonchev–Trinajstić information content (AvgIpc) is 3.24. The maximum Gasteiger partial charge on any atom is 0.408 e. The van der Waals surface area contributed by atoms with Crippen molar-refractivity contribution in [3.63, 3.8) is 0 Å². The minimum atomic E-state index is -1.60. The molecular weight excluding hydrogens is 399 g/mol. The van der Waals surface area contributed by atoms with Crippen LogP contribution in [-0.2, 0) is 28.6 Å². The lowest BCUT2D eigenvalue weighted by atomic mass is 9.88. The van der Waals surface area contributed by atoms with E-state index in [0.29, 0.717) is 0 Å². The van der Waals surface area contributed by atoms with Crippen molar-refractivity contribution in [1.29, 1.82) is 0 Å². The maximum absolute atomic E-state index is 14.7. The number of amides is 2. The zero-order valence-electron chi connectivity index (χ0n) is 18.2. The fraction of sp³-hybridized carbons (Fsp3) is 0.800. The van der Waals surface area contributed by atoms with Gasteiger partial charge in [0.15, 0.2) is 0 Å². The Morgan fingerprint density at radius 2 is 1.87 bits per heavy atom. The lowest BCUT2D eigenvalue weighted by Gasteiger charge is -2.32. The molecule has 0 radical (unpaired) electrons. The van der Waals surface area contributed by atoms with Crippen LogP contribution < -0.4 is 10.6 Å². The number of nitrogens with one attached hydrogen (secondary N) is 2. The van der Waals surface area contributed by atoms with Gasteiger partial charge in [0, 0.05) is 18.8 Å². The summed E-state index contributed by atoms with van der Waals surface area (Å²) in [5, 5.41) is 5.01. The van der Waals surface area contributed by atoms with Gasteiger partial charge in [-0.1, -0.05) is 0 Å². The molecule has 0 unspecified atom stereocenters. The van der Waals surface area contributed by atoms with E-state index >= 15 is 0 Å². The van der Waals surface area contributed by atoms with Gasteiger partial charge >= 0.3 is 18.0 Å². The predicted molar refractivity (Wildman–Crippen MR) is 103 cm³/mol. The number of alkyl halides is 1. The van der Waals surface area contributed by atoms with E-state index in [1.54, 1.807) is 27.7 Å². The Balaban J connectivity index is 2.16. The summed E-state index contributed by atoms with van der Waals surface area (Å²) in [5.41, 5.74) is -2.35. The van der Waals surface area contributed by atoms with Gasteiger partial charge in [0.25, 0.3) is 0 Å². The molecule has 30 heavy (non-hydrogen) atoms. The Bertz CT molecular complexity index is 708. The van der Waals surface area contributed by atoms with E-state index < -0.39 is 65.0 Å². The fourth-order valence-electron chi connectivity index (χ4n) is 4.25. The van der Waals surface area contributed by atoms with Gasteiger partial charge in [0.05, 0.1) is 13.7 Å². The van der Waals surface area contributed by atoms with E-state index in [2.05, 4.69) is 15.4 Å². The van der Waals surface area contributed by atoms with Gasteiger partial charge in [-0.15, -0.1) is 0 Å². The topological polar surface area (TPSA) is 120 Å². The van der Waals surface area contributed by atoms with Crippen LogP contribution in [0.15, 0.2) is 0 Å². The van der Waals surface area contributed by atoms with Gasteiger partial charge in [-0.3, -0.25) is 9.59 Å². The number of carbonyl (C=O) groups excluding carboxylic acids is 4. The van der Waals surface area contributed by atoms with Crippen molar-refractivity contribution in [1.82, 2.24) is 10.6 Å². The number of halogens is 1. The number of ether oxygens (including phenoxy) is 3. The number of esters is 2. The van der Waals surface area contributed by atoms with Gasteiger partial charge in [-0.25, -0.2) is 14.0 Å². The molecule has 170 valence electrons. The van der Waals surface area contributed by atoms with Gasteiger partial charge in [-0.2, -0.15) is 0 Å². The van der Waals surface area contributed by atoms with Crippen LogP contribution in [0, 0.1) is 17.8 Å². The van der Waals surface area contributed by atoms with Crippen LogP contribution >= 0.6 is 0 Å². The Kier molecular flexibility index (Phi) is 6.98. The molecule has 0 bridgehead atoms. The smallest absolute Gasteiger partial charge is 0.408 e. The first-order chi connectivity index (χ1) is 13.9. The summed E-state index contributed by atoms with van der Waals surface area (Å²) in [7, 11) is 1.23. The summed E-state index contributed by atoms with van der Waals surface area (Å²) in [4.78, 5) is 49.2. The van der Waals surface area contributed by atoms with Gasteiger partial charge < -0.3 is 24.8 Å². The minimum absolute atomic E-state index is 0.0466. The first-order valence-electron chi connectivity index (χ1n) is 10.1. The highest BCUT2D eigenvalue weighted by Crippen LogP contribution is 2.64. The van der Waals surface area contributed by atoms with Crippen molar-refractivity contribution < 1.29 is 37.8 Å². The van der Waals surface area contributed by atoms with E-state index in [-0.39, 0.29) is 19.4 Å². The quantitative estimate of drug-likeness (QED) is 0.464. The Labute approximate surface area is 175 Å². The molecule has 2 N–H and O–H groups in total. The molecule has 0 saturated heterocycles. The number of rotatable bonds is 7. The maximum atomic E-state index is 14.7. The number of hydrogen-bond acceptors (Lipinski definition) is 7. The lowest BCUT2D eigenvalue weighted by molar-refractivity contribution is -0.155. The van der Waals surface area contributed by atoms with Crippen LogP contribution in [0.25, 0.3) is 0 Å². The highest BCUT2D eigenvalue weighted by atomic mass is 19.1. The molecule has 0 heterocycles. The second-order valence-corrected chi connectivity index (χ2v) is 8.82. The summed E-state index contributed by atoms with van der Waals surface area (Å²) in [6.07, 6.45) is -2.46. The Morgan fingerprint density at radius 1 is 1.23 bits per heavy atom. The number of hydrogen-bond donors (Lipinski definition) is 2. The lowest BCUT2D eigenvalue weighted by Crippen LogP contribution is -2.60. The molecule has 6 atom stereocenters. The minimum Gasteiger partial charge on any atom is -0.469 e. The number of methoxy groups -OCH3 is 1. The van der Waals surface area contributed by atoms with Gasteiger partial charge in [0.2, 0.25) is 5.91 Å². The SMILES string of the molecule is CCOC(=O)[C@]1(NC(=O)[C@H](C)NC(=O)OC(C)(C)C)C[C@@H](F)[C@H]2[C@H](CC(=O)OC)[C@H]21. The molecular formula is C20H31FN2O7. The van der Waals surface area contributed by atoms with E-state index in [0.717, 1.165) is 0 Å². The highest BCUT2D eigenvalue weighted by molar-refractivity contribution is 5.93. The van der Waals surface area contributed by atoms with Crippen LogP contribution in [0.2, 0.25) is 0 Å². The monoisotopic (exact) mass is 430 g/mol. The van der Waals surface area contributed by atoms with Crippen molar-refractivity contribution in [3.8, 4) is 0 Å². The highest BCUT2D eigenvalue weighted by Gasteiger charge is 2.74. The third-order valence-electron chi connectivity index (χ3n) is 5.48. The molecule has 0 aliphatic heterocycles. The normalized spacial score (nSPS) is 30.5. The number of fused-ring (bicyclic) bond motifs is 1. The van der Waals surface area contributed by atoms with Crippen LogP contribution in [0.5, 0.6) is 0 Å².